The van der Waals surface area contributed by atoms with Crippen LogP contribution in [0.15, 0.2) is 54.6 Å². The molecule has 0 bridgehead atoms. The smallest absolute Gasteiger partial charge is 0.382 e. The molecule has 1 saturated carbocycles. The number of piperidine rings is 1. The zero-order valence-electron chi connectivity index (χ0n) is 22.1. The Labute approximate surface area is 234 Å². The van der Waals surface area contributed by atoms with Crippen molar-refractivity contribution in [1.82, 2.24) is 25.0 Å². The quantitative estimate of drug-likeness (QED) is 0.288. The number of halogens is 3. The molecule has 1 aliphatic carbocycles. The molecule has 2 N–H and O–H groups in total. The van der Waals surface area contributed by atoms with Gasteiger partial charge in [-0.1, -0.05) is 47.7 Å². The Hall–Kier alpha value is -3.44. The molecule has 1 aliphatic heterocycles. The molecular weight excluding hydrogens is 537 g/mol. The van der Waals surface area contributed by atoms with Crippen molar-refractivity contribution in [2.75, 3.05) is 25.5 Å². The Kier molecular flexibility index (Phi) is 7.26. The van der Waals surface area contributed by atoms with Crippen LogP contribution in [-0.4, -0.2) is 57.9 Å². The van der Waals surface area contributed by atoms with Crippen molar-refractivity contribution >= 4 is 33.8 Å². The highest BCUT2D eigenvalue weighted by atomic mass is 32.1. The number of amides is 1. The third kappa shape index (κ3) is 5.85. The first-order valence-corrected chi connectivity index (χ1v) is 14.4. The molecule has 1 unspecified atom stereocenters. The number of carbonyl (C=O) groups excluding carboxylic acids is 1. The van der Waals surface area contributed by atoms with Crippen LogP contribution in [0.1, 0.15) is 35.8 Å². The third-order valence-corrected chi connectivity index (χ3v) is 8.76. The van der Waals surface area contributed by atoms with E-state index in [9.17, 15) is 18.0 Å². The summed E-state index contributed by atoms with van der Waals surface area (Å²) >= 11 is 1.20. The van der Waals surface area contributed by atoms with Gasteiger partial charge in [0, 0.05) is 23.0 Å². The number of rotatable bonds is 8. The molecule has 3 heterocycles. The van der Waals surface area contributed by atoms with E-state index in [1.54, 1.807) is 18.2 Å². The lowest BCUT2D eigenvalue weighted by Crippen LogP contribution is -2.36. The summed E-state index contributed by atoms with van der Waals surface area (Å²) in [6.45, 7) is 1.02. The molecule has 2 aromatic carbocycles. The SMILES string of the molecule is CN1CCC(Nc2cccc3c2cc(-c2nnc(CNC(=O)[C@H]4CC4c4ccccc4)s2)n3CC(F)(F)F)CC1. The maximum absolute atomic E-state index is 13.7. The molecule has 0 radical (unpaired) electrons. The maximum atomic E-state index is 13.7. The van der Waals surface area contributed by atoms with Crippen molar-refractivity contribution in [1.29, 1.82) is 0 Å². The van der Waals surface area contributed by atoms with E-state index in [0.717, 1.165) is 49.0 Å². The fraction of sp³-hybridized carbons (Fsp3) is 0.414. The summed E-state index contributed by atoms with van der Waals surface area (Å²) in [5, 5.41) is 16.6. The highest BCUT2D eigenvalue weighted by molar-refractivity contribution is 7.14. The normalized spacial score (nSPS) is 20.1. The fourth-order valence-electron chi connectivity index (χ4n) is 5.59. The van der Waals surface area contributed by atoms with Crippen LogP contribution in [-0.2, 0) is 17.9 Å². The minimum Gasteiger partial charge on any atom is -0.382 e. The number of nitrogens with one attached hydrogen (secondary N) is 2. The van der Waals surface area contributed by atoms with Gasteiger partial charge in [0.1, 0.15) is 11.6 Å². The third-order valence-electron chi connectivity index (χ3n) is 7.82. The van der Waals surface area contributed by atoms with Crippen LogP contribution in [0.25, 0.3) is 21.6 Å². The second-order valence-corrected chi connectivity index (χ2v) is 11.8. The Balaban J connectivity index is 1.21. The topological polar surface area (TPSA) is 75.1 Å². The second kappa shape index (κ2) is 10.9. The largest absolute Gasteiger partial charge is 0.406 e. The lowest BCUT2D eigenvalue weighted by molar-refractivity contribution is -0.139. The van der Waals surface area contributed by atoms with Gasteiger partial charge >= 0.3 is 6.18 Å². The minimum atomic E-state index is -4.40. The number of alkyl halides is 3. The van der Waals surface area contributed by atoms with Gasteiger partial charge < -0.3 is 20.1 Å². The summed E-state index contributed by atoms with van der Waals surface area (Å²) in [6, 6.07) is 17.4. The number of fused-ring (bicyclic) bond motifs is 1. The monoisotopic (exact) mass is 568 g/mol. The summed E-state index contributed by atoms with van der Waals surface area (Å²) in [4.78, 5) is 15.0. The average molecular weight is 569 g/mol. The van der Waals surface area contributed by atoms with E-state index < -0.39 is 12.7 Å². The molecule has 2 aromatic heterocycles. The molecule has 7 nitrogen and oxygen atoms in total. The van der Waals surface area contributed by atoms with Crippen molar-refractivity contribution in [3.8, 4) is 10.7 Å². The van der Waals surface area contributed by atoms with Crippen LogP contribution in [0.5, 0.6) is 0 Å². The summed E-state index contributed by atoms with van der Waals surface area (Å²) < 4.78 is 42.3. The number of likely N-dealkylation sites (tertiary alicyclic amines) is 1. The van der Waals surface area contributed by atoms with Crippen molar-refractivity contribution in [3.05, 3.63) is 65.2 Å². The molecule has 11 heteroatoms. The van der Waals surface area contributed by atoms with Gasteiger partial charge in [-0.3, -0.25) is 4.79 Å². The molecule has 0 spiro atoms. The number of anilines is 1. The molecule has 1 amide bonds. The highest BCUT2D eigenvalue weighted by Crippen LogP contribution is 2.47. The van der Waals surface area contributed by atoms with Gasteiger partial charge in [0.25, 0.3) is 0 Å². The minimum absolute atomic E-state index is 0.0404. The predicted molar refractivity (Wildman–Crippen MR) is 150 cm³/mol. The van der Waals surface area contributed by atoms with Gasteiger partial charge in [-0.2, -0.15) is 13.2 Å². The summed E-state index contributed by atoms with van der Waals surface area (Å²) in [5.74, 6) is 0.114. The number of benzene rings is 2. The van der Waals surface area contributed by atoms with E-state index in [1.165, 1.54) is 15.9 Å². The Morgan fingerprint density at radius 3 is 2.60 bits per heavy atom. The van der Waals surface area contributed by atoms with Gasteiger partial charge in [-0.25, -0.2) is 0 Å². The first kappa shape index (κ1) is 26.8. The molecule has 1 saturated heterocycles. The van der Waals surface area contributed by atoms with Crippen molar-refractivity contribution in [3.63, 3.8) is 0 Å². The van der Waals surface area contributed by atoms with Crippen LogP contribution >= 0.6 is 11.3 Å². The Bertz CT molecular complexity index is 1490. The summed E-state index contributed by atoms with van der Waals surface area (Å²) in [5.41, 5.74) is 2.84. The standard InChI is InChI=1S/C29H31F3N6OS/c1-37-12-10-19(11-13-37)34-23-8-5-9-24-22(23)15-25(38(24)17-29(30,31)32)28-36-35-26(40-28)16-33-27(39)21-14-20(21)18-6-3-2-4-7-18/h2-9,15,19-21,34H,10-14,16-17H2,1H3,(H,33,39)/t20?,21-/m0/s1. The molecule has 2 aliphatic rings. The van der Waals surface area contributed by atoms with Gasteiger partial charge in [0.15, 0.2) is 5.01 Å². The lowest BCUT2D eigenvalue weighted by Gasteiger charge is -2.30. The fourth-order valence-corrected chi connectivity index (χ4v) is 6.39. The van der Waals surface area contributed by atoms with Gasteiger partial charge in [-0.15, -0.1) is 10.2 Å². The van der Waals surface area contributed by atoms with E-state index in [0.29, 0.717) is 21.2 Å². The van der Waals surface area contributed by atoms with Crippen molar-refractivity contribution in [2.24, 2.45) is 5.92 Å². The number of carbonyl (C=O) groups is 1. The molecular formula is C29H31F3N6OS. The molecule has 40 heavy (non-hydrogen) atoms. The van der Waals surface area contributed by atoms with Crippen LogP contribution in [0.3, 0.4) is 0 Å². The summed E-state index contributed by atoms with van der Waals surface area (Å²) in [6.07, 6.45) is -1.65. The van der Waals surface area contributed by atoms with E-state index in [2.05, 4.69) is 32.8 Å². The number of hydrogen-bond donors (Lipinski definition) is 2. The highest BCUT2D eigenvalue weighted by Gasteiger charge is 2.43. The van der Waals surface area contributed by atoms with Crippen LogP contribution in [0.2, 0.25) is 0 Å². The first-order valence-electron chi connectivity index (χ1n) is 13.5. The maximum Gasteiger partial charge on any atom is 0.406 e. The number of hydrogen-bond acceptors (Lipinski definition) is 6. The Morgan fingerprint density at radius 2 is 1.85 bits per heavy atom. The zero-order valence-corrected chi connectivity index (χ0v) is 22.9. The van der Waals surface area contributed by atoms with Crippen LogP contribution in [0, 0.1) is 5.92 Å². The number of aromatic nitrogens is 3. The lowest BCUT2D eigenvalue weighted by atomic mass is 10.0. The predicted octanol–water partition coefficient (Wildman–Crippen LogP) is 5.65. The first-order chi connectivity index (χ1) is 19.2. The van der Waals surface area contributed by atoms with Crippen LogP contribution < -0.4 is 10.6 Å². The van der Waals surface area contributed by atoms with E-state index >= 15 is 0 Å². The molecule has 2 atom stereocenters. The van der Waals surface area contributed by atoms with Gasteiger partial charge in [0.2, 0.25) is 5.91 Å². The summed E-state index contributed by atoms with van der Waals surface area (Å²) in [7, 11) is 2.09. The van der Waals surface area contributed by atoms with E-state index in [1.807, 2.05) is 36.4 Å². The van der Waals surface area contributed by atoms with Crippen molar-refractivity contribution < 1.29 is 18.0 Å². The Morgan fingerprint density at radius 1 is 1.07 bits per heavy atom. The van der Waals surface area contributed by atoms with Gasteiger partial charge in [0.05, 0.1) is 17.8 Å². The van der Waals surface area contributed by atoms with E-state index in [4.69, 9.17) is 0 Å². The van der Waals surface area contributed by atoms with Crippen molar-refractivity contribution in [2.45, 2.75) is 50.5 Å². The van der Waals surface area contributed by atoms with E-state index in [-0.39, 0.29) is 30.3 Å². The van der Waals surface area contributed by atoms with Gasteiger partial charge in [-0.05, 0) is 69.1 Å². The zero-order chi connectivity index (χ0) is 27.9. The average Bonchev–Trinajstić information content (AvgIpc) is 3.47. The second-order valence-electron chi connectivity index (χ2n) is 10.8. The molecule has 4 aromatic rings. The molecule has 6 rings (SSSR count). The van der Waals surface area contributed by atoms with Crippen LogP contribution in [0.4, 0.5) is 18.9 Å². The number of nitrogens with zero attached hydrogens (tertiary/aromatic N) is 4. The molecule has 2 fully saturated rings. The molecule has 210 valence electrons.